The molecule has 3 heteroatoms. The van der Waals surface area contributed by atoms with E-state index in [4.69, 9.17) is 0 Å². The summed E-state index contributed by atoms with van der Waals surface area (Å²) in [5, 5.41) is 13.4. The van der Waals surface area contributed by atoms with Crippen LogP contribution in [0.25, 0.3) is 0 Å². The Morgan fingerprint density at radius 2 is 1.95 bits per heavy atom. The van der Waals surface area contributed by atoms with Crippen LogP contribution in [0, 0.1) is 5.92 Å². The van der Waals surface area contributed by atoms with Gasteiger partial charge in [-0.2, -0.15) is 0 Å². The molecule has 0 aliphatic heterocycles. The minimum absolute atomic E-state index is 0.0288. The SMILES string of the molecule is CCNC1(CO)CCCC(N(CC)CC(CC)CC)C1. The molecule has 0 amide bonds. The van der Waals surface area contributed by atoms with E-state index in [2.05, 4.69) is 37.9 Å². The van der Waals surface area contributed by atoms with Crippen LogP contribution in [0.15, 0.2) is 0 Å². The molecule has 2 N–H and O–H groups in total. The summed E-state index contributed by atoms with van der Waals surface area (Å²) in [6.45, 7) is 12.6. The van der Waals surface area contributed by atoms with Crippen LogP contribution in [0.2, 0.25) is 0 Å². The number of rotatable bonds is 9. The number of aliphatic hydroxyl groups is 1. The molecule has 2 atom stereocenters. The number of likely N-dealkylation sites (N-methyl/N-ethyl adjacent to an activating group) is 1. The van der Waals surface area contributed by atoms with Gasteiger partial charge < -0.3 is 15.3 Å². The van der Waals surface area contributed by atoms with E-state index in [1.165, 1.54) is 32.2 Å². The molecule has 0 radical (unpaired) electrons. The fourth-order valence-corrected chi connectivity index (χ4v) is 3.79. The minimum atomic E-state index is -0.0288. The Balaban J connectivity index is 2.67. The predicted molar refractivity (Wildman–Crippen MR) is 87.1 cm³/mol. The molecule has 1 aliphatic rings. The average molecular weight is 284 g/mol. The van der Waals surface area contributed by atoms with Gasteiger partial charge in [-0.15, -0.1) is 0 Å². The average Bonchev–Trinajstić information content (AvgIpc) is 2.49. The lowest BCUT2D eigenvalue weighted by atomic mass is 9.78. The number of nitrogens with zero attached hydrogens (tertiary/aromatic N) is 1. The molecule has 0 bridgehead atoms. The summed E-state index contributed by atoms with van der Waals surface area (Å²) in [4.78, 5) is 2.67. The highest BCUT2D eigenvalue weighted by Crippen LogP contribution is 2.31. The number of hydrogen-bond donors (Lipinski definition) is 2. The van der Waals surface area contributed by atoms with Gasteiger partial charge in [-0.3, -0.25) is 0 Å². The summed E-state index contributed by atoms with van der Waals surface area (Å²) in [5.74, 6) is 0.819. The highest BCUT2D eigenvalue weighted by atomic mass is 16.3. The second-order valence-electron chi connectivity index (χ2n) is 6.49. The summed E-state index contributed by atoms with van der Waals surface area (Å²) < 4.78 is 0. The van der Waals surface area contributed by atoms with Crippen molar-refractivity contribution in [2.45, 2.75) is 77.8 Å². The van der Waals surface area contributed by atoms with E-state index in [0.717, 1.165) is 31.8 Å². The number of nitrogens with one attached hydrogen (secondary N) is 1. The van der Waals surface area contributed by atoms with Gasteiger partial charge >= 0.3 is 0 Å². The van der Waals surface area contributed by atoms with Crippen LogP contribution in [0.4, 0.5) is 0 Å². The molecule has 0 spiro atoms. The van der Waals surface area contributed by atoms with Crippen molar-refractivity contribution in [2.75, 3.05) is 26.2 Å². The standard InChI is InChI=1S/C17H36N2O/c1-5-15(6-2)13-19(8-4)16-10-9-11-17(12-16,14-20)18-7-3/h15-16,18,20H,5-14H2,1-4H3. The van der Waals surface area contributed by atoms with Gasteiger partial charge in [-0.05, 0) is 44.7 Å². The summed E-state index contributed by atoms with van der Waals surface area (Å²) in [5.41, 5.74) is -0.0288. The van der Waals surface area contributed by atoms with Gasteiger partial charge in [0.15, 0.2) is 0 Å². The van der Waals surface area contributed by atoms with Crippen molar-refractivity contribution in [3.05, 3.63) is 0 Å². The Kier molecular flexibility index (Phi) is 8.08. The number of aliphatic hydroxyl groups excluding tert-OH is 1. The van der Waals surface area contributed by atoms with Crippen LogP contribution < -0.4 is 5.32 Å². The molecule has 1 aliphatic carbocycles. The first-order valence-electron chi connectivity index (χ1n) is 8.74. The zero-order chi connectivity index (χ0) is 15.0. The largest absolute Gasteiger partial charge is 0.394 e. The highest BCUT2D eigenvalue weighted by Gasteiger charge is 2.37. The lowest BCUT2D eigenvalue weighted by Gasteiger charge is -2.45. The van der Waals surface area contributed by atoms with E-state index in [0.29, 0.717) is 6.04 Å². The Bertz CT molecular complexity index is 251. The monoisotopic (exact) mass is 284 g/mol. The molecule has 0 saturated heterocycles. The maximum atomic E-state index is 9.84. The first-order valence-corrected chi connectivity index (χ1v) is 8.74. The first-order chi connectivity index (χ1) is 9.64. The van der Waals surface area contributed by atoms with Crippen LogP contribution in [-0.4, -0.2) is 47.8 Å². The molecule has 0 aromatic heterocycles. The predicted octanol–water partition coefficient (Wildman–Crippen LogP) is 3.03. The zero-order valence-corrected chi connectivity index (χ0v) is 14.1. The third-order valence-electron chi connectivity index (χ3n) is 5.24. The van der Waals surface area contributed by atoms with Crippen LogP contribution in [0.1, 0.15) is 66.2 Å². The molecule has 0 aromatic rings. The molecule has 120 valence electrons. The molecule has 3 nitrogen and oxygen atoms in total. The van der Waals surface area contributed by atoms with Crippen LogP contribution in [0.3, 0.4) is 0 Å². The van der Waals surface area contributed by atoms with E-state index < -0.39 is 0 Å². The van der Waals surface area contributed by atoms with E-state index in [1.807, 2.05) is 0 Å². The Morgan fingerprint density at radius 1 is 1.25 bits per heavy atom. The van der Waals surface area contributed by atoms with Gasteiger partial charge in [0.25, 0.3) is 0 Å². The maximum Gasteiger partial charge on any atom is 0.0613 e. The van der Waals surface area contributed by atoms with Crippen LogP contribution in [-0.2, 0) is 0 Å². The first kappa shape index (κ1) is 17.9. The highest BCUT2D eigenvalue weighted by molar-refractivity contribution is 4.96. The molecule has 2 unspecified atom stereocenters. The molecule has 1 rings (SSSR count). The van der Waals surface area contributed by atoms with Crippen molar-refractivity contribution in [3.8, 4) is 0 Å². The van der Waals surface area contributed by atoms with Crippen LogP contribution in [0.5, 0.6) is 0 Å². The third kappa shape index (κ3) is 4.71. The number of hydrogen-bond acceptors (Lipinski definition) is 3. The van der Waals surface area contributed by atoms with E-state index in [9.17, 15) is 5.11 Å². The summed E-state index contributed by atoms with van der Waals surface area (Å²) >= 11 is 0. The van der Waals surface area contributed by atoms with Gasteiger partial charge in [0, 0.05) is 18.1 Å². The molecule has 1 fully saturated rings. The maximum absolute atomic E-state index is 9.84. The van der Waals surface area contributed by atoms with Gasteiger partial charge in [0.1, 0.15) is 0 Å². The molecular formula is C17H36N2O. The van der Waals surface area contributed by atoms with E-state index in [-0.39, 0.29) is 12.1 Å². The van der Waals surface area contributed by atoms with Gasteiger partial charge in [-0.1, -0.05) is 40.5 Å². The van der Waals surface area contributed by atoms with Gasteiger partial charge in [0.2, 0.25) is 0 Å². The van der Waals surface area contributed by atoms with Crippen molar-refractivity contribution in [1.29, 1.82) is 0 Å². The quantitative estimate of drug-likeness (QED) is 0.683. The fraction of sp³-hybridized carbons (Fsp3) is 1.00. The van der Waals surface area contributed by atoms with E-state index >= 15 is 0 Å². The minimum Gasteiger partial charge on any atom is -0.394 e. The van der Waals surface area contributed by atoms with Gasteiger partial charge in [-0.25, -0.2) is 0 Å². The van der Waals surface area contributed by atoms with E-state index in [1.54, 1.807) is 0 Å². The second kappa shape index (κ2) is 9.01. The van der Waals surface area contributed by atoms with Gasteiger partial charge in [0.05, 0.1) is 6.61 Å². The topological polar surface area (TPSA) is 35.5 Å². The second-order valence-corrected chi connectivity index (χ2v) is 6.49. The third-order valence-corrected chi connectivity index (χ3v) is 5.24. The molecule has 0 aromatic carbocycles. The lowest BCUT2D eigenvalue weighted by molar-refractivity contribution is 0.0546. The van der Waals surface area contributed by atoms with Crippen molar-refractivity contribution in [2.24, 2.45) is 5.92 Å². The molecule has 20 heavy (non-hydrogen) atoms. The van der Waals surface area contributed by atoms with Crippen molar-refractivity contribution in [1.82, 2.24) is 10.2 Å². The summed E-state index contributed by atoms with van der Waals surface area (Å²) in [7, 11) is 0. The lowest BCUT2D eigenvalue weighted by Crippen LogP contribution is -2.56. The molecular weight excluding hydrogens is 248 g/mol. The molecule has 1 saturated carbocycles. The van der Waals surface area contributed by atoms with Crippen molar-refractivity contribution in [3.63, 3.8) is 0 Å². The van der Waals surface area contributed by atoms with Crippen molar-refractivity contribution >= 4 is 0 Å². The zero-order valence-electron chi connectivity index (χ0n) is 14.1. The normalized spacial score (nSPS) is 27.4. The Hall–Kier alpha value is -0.120. The Morgan fingerprint density at radius 3 is 2.45 bits per heavy atom. The smallest absolute Gasteiger partial charge is 0.0613 e. The van der Waals surface area contributed by atoms with Crippen molar-refractivity contribution < 1.29 is 5.11 Å². The summed E-state index contributed by atoms with van der Waals surface area (Å²) in [6, 6.07) is 0.639. The Labute approximate surface area is 126 Å². The molecule has 0 heterocycles. The fourth-order valence-electron chi connectivity index (χ4n) is 3.79. The summed E-state index contributed by atoms with van der Waals surface area (Å²) in [6.07, 6.45) is 7.30. The van der Waals surface area contributed by atoms with Crippen LogP contribution >= 0.6 is 0 Å².